The molecule has 1 rings (SSSR count). The Hall–Kier alpha value is -0.830. The van der Waals surface area contributed by atoms with Gasteiger partial charge in [-0.25, -0.2) is 4.79 Å². The van der Waals surface area contributed by atoms with Gasteiger partial charge in [-0.2, -0.15) is 0 Å². The van der Waals surface area contributed by atoms with Gasteiger partial charge in [-0.1, -0.05) is 11.6 Å². The number of carboxylic acids is 1. The molecule has 0 heterocycles. The van der Waals surface area contributed by atoms with E-state index in [1.165, 1.54) is 0 Å². The van der Waals surface area contributed by atoms with Crippen molar-refractivity contribution in [1.29, 1.82) is 0 Å². The molecule has 2 N–H and O–H groups in total. The van der Waals surface area contributed by atoms with Gasteiger partial charge in [0.25, 0.3) is 0 Å². The predicted molar refractivity (Wildman–Crippen MR) is 40.2 cm³/mol. The highest BCUT2D eigenvalue weighted by Crippen LogP contribution is 2.21. The summed E-state index contributed by atoms with van der Waals surface area (Å²) >= 11 is 0. The smallest absolute Gasteiger partial charge is 0.332 e. The number of allylic oxidation sites excluding steroid dienone is 1. The summed E-state index contributed by atoms with van der Waals surface area (Å²) < 4.78 is 0. The first-order valence-electron chi connectivity index (χ1n) is 3.79. The number of rotatable bonds is 3. The lowest BCUT2D eigenvalue weighted by atomic mass is 10.1. The van der Waals surface area contributed by atoms with Crippen LogP contribution in [0.2, 0.25) is 0 Å². The molecule has 0 bridgehead atoms. The van der Waals surface area contributed by atoms with Crippen molar-refractivity contribution in [3.05, 3.63) is 11.6 Å². The lowest BCUT2D eigenvalue weighted by molar-refractivity contribution is -0.146. The molecule has 0 aromatic heterocycles. The number of aliphatic hydroxyl groups is 1. The first-order chi connectivity index (χ1) is 5.20. The van der Waals surface area contributed by atoms with Crippen molar-refractivity contribution in [3.63, 3.8) is 0 Å². The minimum absolute atomic E-state index is 0.301. The van der Waals surface area contributed by atoms with Crippen LogP contribution in [0.4, 0.5) is 0 Å². The average molecular weight is 156 g/mol. The summed E-state index contributed by atoms with van der Waals surface area (Å²) in [6, 6.07) is 0. The lowest BCUT2D eigenvalue weighted by Gasteiger charge is -2.04. The van der Waals surface area contributed by atoms with Gasteiger partial charge in [0.1, 0.15) is 0 Å². The van der Waals surface area contributed by atoms with Gasteiger partial charge in [0, 0.05) is 6.42 Å². The van der Waals surface area contributed by atoms with Crippen LogP contribution in [0.1, 0.15) is 25.7 Å². The fraction of sp³-hybridized carbons (Fsp3) is 0.625. The Kier molecular flexibility index (Phi) is 2.65. The van der Waals surface area contributed by atoms with Gasteiger partial charge in [0.05, 0.1) is 0 Å². The molecule has 0 aliphatic heterocycles. The third kappa shape index (κ3) is 2.35. The highest BCUT2D eigenvalue weighted by molar-refractivity contribution is 5.72. The SMILES string of the molecule is O=C(O)C(O)CC1=CCCC1. The Labute approximate surface area is 65.3 Å². The summed E-state index contributed by atoms with van der Waals surface area (Å²) in [5.74, 6) is -1.13. The largest absolute Gasteiger partial charge is 0.479 e. The topological polar surface area (TPSA) is 57.5 Å². The Morgan fingerprint density at radius 1 is 1.73 bits per heavy atom. The number of aliphatic carboxylic acids is 1. The zero-order chi connectivity index (χ0) is 8.27. The van der Waals surface area contributed by atoms with Crippen LogP contribution in [0.5, 0.6) is 0 Å². The molecule has 0 fully saturated rings. The van der Waals surface area contributed by atoms with E-state index in [1.807, 2.05) is 6.08 Å². The molecular formula is C8H12O3. The fourth-order valence-corrected chi connectivity index (χ4v) is 1.26. The molecule has 1 atom stereocenters. The number of carbonyl (C=O) groups is 1. The Morgan fingerprint density at radius 2 is 2.45 bits per heavy atom. The second-order valence-corrected chi connectivity index (χ2v) is 2.81. The molecule has 1 unspecified atom stereocenters. The number of carboxylic acid groups (broad SMARTS) is 1. The van der Waals surface area contributed by atoms with Crippen molar-refractivity contribution in [2.24, 2.45) is 0 Å². The van der Waals surface area contributed by atoms with Crippen LogP contribution in [0, 0.1) is 0 Å². The van der Waals surface area contributed by atoms with Crippen molar-refractivity contribution >= 4 is 5.97 Å². The van der Waals surface area contributed by atoms with E-state index in [0.717, 1.165) is 24.8 Å². The first-order valence-corrected chi connectivity index (χ1v) is 3.79. The summed E-state index contributed by atoms with van der Waals surface area (Å²) in [4.78, 5) is 10.2. The zero-order valence-electron chi connectivity index (χ0n) is 6.29. The third-order valence-electron chi connectivity index (χ3n) is 1.88. The normalized spacial score (nSPS) is 19.5. The van der Waals surface area contributed by atoms with E-state index in [0.29, 0.717) is 6.42 Å². The molecule has 1 aliphatic rings. The molecule has 62 valence electrons. The number of hydrogen-bond acceptors (Lipinski definition) is 2. The van der Waals surface area contributed by atoms with Crippen molar-refractivity contribution in [2.45, 2.75) is 31.8 Å². The van der Waals surface area contributed by atoms with Crippen molar-refractivity contribution < 1.29 is 15.0 Å². The predicted octanol–water partition coefficient (Wildman–Crippen LogP) is 0.932. The Balaban J connectivity index is 2.35. The van der Waals surface area contributed by atoms with E-state index in [2.05, 4.69) is 0 Å². The summed E-state index contributed by atoms with van der Waals surface area (Å²) in [5.41, 5.74) is 1.08. The maximum atomic E-state index is 10.2. The van der Waals surface area contributed by atoms with Gasteiger partial charge in [0.15, 0.2) is 6.10 Å². The summed E-state index contributed by atoms with van der Waals surface area (Å²) in [6.45, 7) is 0. The van der Waals surface area contributed by atoms with E-state index in [-0.39, 0.29) is 0 Å². The van der Waals surface area contributed by atoms with Gasteiger partial charge >= 0.3 is 5.97 Å². The fourth-order valence-electron chi connectivity index (χ4n) is 1.26. The standard InChI is InChI=1S/C8H12O3/c9-7(8(10)11)5-6-3-1-2-4-6/h3,7,9H,1-2,4-5H2,(H,10,11). The van der Waals surface area contributed by atoms with Gasteiger partial charge in [-0.3, -0.25) is 0 Å². The number of hydrogen-bond donors (Lipinski definition) is 2. The second-order valence-electron chi connectivity index (χ2n) is 2.81. The lowest BCUT2D eigenvalue weighted by Crippen LogP contribution is -2.19. The van der Waals surface area contributed by atoms with Crippen molar-refractivity contribution in [3.8, 4) is 0 Å². The quantitative estimate of drug-likeness (QED) is 0.598. The molecule has 3 nitrogen and oxygen atoms in total. The Bertz CT molecular complexity index is 184. The third-order valence-corrected chi connectivity index (χ3v) is 1.88. The summed E-state index contributed by atoms with van der Waals surface area (Å²) in [7, 11) is 0. The first kappa shape index (κ1) is 8.27. The number of aliphatic hydroxyl groups excluding tert-OH is 1. The Morgan fingerprint density at radius 3 is 2.91 bits per heavy atom. The minimum Gasteiger partial charge on any atom is -0.479 e. The second kappa shape index (κ2) is 3.53. The van der Waals surface area contributed by atoms with Crippen LogP contribution in [-0.2, 0) is 4.79 Å². The highest BCUT2D eigenvalue weighted by atomic mass is 16.4. The maximum Gasteiger partial charge on any atom is 0.332 e. The van der Waals surface area contributed by atoms with Crippen LogP contribution in [-0.4, -0.2) is 22.3 Å². The molecule has 0 saturated heterocycles. The van der Waals surface area contributed by atoms with E-state index < -0.39 is 12.1 Å². The van der Waals surface area contributed by atoms with Crippen molar-refractivity contribution in [1.82, 2.24) is 0 Å². The summed E-state index contributed by atoms with van der Waals surface area (Å²) in [6.07, 6.45) is 4.19. The van der Waals surface area contributed by atoms with Crippen LogP contribution in [0.25, 0.3) is 0 Å². The zero-order valence-corrected chi connectivity index (χ0v) is 6.29. The molecule has 3 heteroatoms. The molecule has 0 aromatic rings. The highest BCUT2D eigenvalue weighted by Gasteiger charge is 2.16. The van der Waals surface area contributed by atoms with Gasteiger partial charge < -0.3 is 10.2 Å². The maximum absolute atomic E-state index is 10.2. The molecule has 11 heavy (non-hydrogen) atoms. The molecule has 0 amide bonds. The molecular weight excluding hydrogens is 144 g/mol. The van der Waals surface area contributed by atoms with Crippen LogP contribution >= 0.6 is 0 Å². The van der Waals surface area contributed by atoms with Gasteiger partial charge in [-0.15, -0.1) is 0 Å². The van der Waals surface area contributed by atoms with Crippen LogP contribution in [0.15, 0.2) is 11.6 Å². The summed E-state index contributed by atoms with van der Waals surface area (Å²) in [5, 5.41) is 17.3. The van der Waals surface area contributed by atoms with E-state index in [9.17, 15) is 4.79 Å². The molecule has 0 radical (unpaired) electrons. The van der Waals surface area contributed by atoms with Crippen LogP contribution < -0.4 is 0 Å². The molecule has 1 aliphatic carbocycles. The molecule has 0 spiro atoms. The molecule has 0 aromatic carbocycles. The van der Waals surface area contributed by atoms with Gasteiger partial charge in [0.2, 0.25) is 0 Å². The van der Waals surface area contributed by atoms with Crippen LogP contribution in [0.3, 0.4) is 0 Å². The van der Waals surface area contributed by atoms with E-state index in [1.54, 1.807) is 0 Å². The molecule has 0 saturated carbocycles. The van der Waals surface area contributed by atoms with Gasteiger partial charge in [-0.05, 0) is 19.3 Å². The monoisotopic (exact) mass is 156 g/mol. The average Bonchev–Trinajstić information content (AvgIpc) is 2.39. The minimum atomic E-state index is -1.21. The van der Waals surface area contributed by atoms with E-state index in [4.69, 9.17) is 10.2 Å². The van der Waals surface area contributed by atoms with Crippen molar-refractivity contribution in [2.75, 3.05) is 0 Å². The van der Waals surface area contributed by atoms with E-state index >= 15 is 0 Å².